The maximum atomic E-state index is 12.1. The highest BCUT2D eigenvalue weighted by atomic mass is 35.5. The van der Waals surface area contributed by atoms with Crippen LogP contribution in [0.2, 0.25) is 4.47 Å². The van der Waals surface area contributed by atoms with Gasteiger partial charge in [0.1, 0.15) is 5.60 Å². The molecular weight excluding hydrogens is 336 g/mol. The van der Waals surface area contributed by atoms with Crippen LogP contribution in [0, 0.1) is 5.92 Å². The van der Waals surface area contributed by atoms with Gasteiger partial charge >= 0.3 is 6.09 Å². The normalized spacial score (nSPS) is 19.0. The fourth-order valence-corrected chi connectivity index (χ4v) is 3.48. The molecule has 0 aromatic carbocycles. The Balaban J connectivity index is 1.68. The average Bonchev–Trinajstić information content (AvgIpc) is 2.88. The number of carbonyl (C=O) groups is 1. The third kappa shape index (κ3) is 6.65. The Kier molecular flexibility index (Phi) is 6.68. The largest absolute Gasteiger partial charge is 0.444 e. The fraction of sp³-hybridized carbons (Fsp3) is 0.750. The number of halogens is 1. The van der Waals surface area contributed by atoms with Crippen molar-refractivity contribution in [3.8, 4) is 0 Å². The van der Waals surface area contributed by atoms with Gasteiger partial charge in [0.2, 0.25) is 0 Å². The van der Waals surface area contributed by atoms with Crippen molar-refractivity contribution >= 4 is 29.0 Å². The summed E-state index contributed by atoms with van der Waals surface area (Å²) in [5, 5.41) is 0. The van der Waals surface area contributed by atoms with Gasteiger partial charge in [-0.15, -0.1) is 11.3 Å². The molecular formula is C16H25ClN2O3S. The van der Waals surface area contributed by atoms with E-state index >= 15 is 0 Å². The number of aromatic nitrogens is 1. The number of hydrogen-bond acceptors (Lipinski definition) is 5. The van der Waals surface area contributed by atoms with Crippen LogP contribution in [0.4, 0.5) is 4.79 Å². The van der Waals surface area contributed by atoms with Crippen LogP contribution >= 0.6 is 22.9 Å². The summed E-state index contributed by atoms with van der Waals surface area (Å²) in [6.07, 6.45) is 4.65. The van der Waals surface area contributed by atoms with E-state index in [1.54, 1.807) is 6.20 Å². The van der Waals surface area contributed by atoms with Crippen LogP contribution in [0.15, 0.2) is 6.20 Å². The van der Waals surface area contributed by atoms with Crippen molar-refractivity contribution in [2.75, 3.05) is 19.7 Å². The molecule has 1 amide bonds. The number of hydrogen-bond donors (Lipinski definition) is 0. The van der Waals surface area contributed by atoms with Crippen molar-refractivity contribution in [1.82, 2.24) is 9.88 Å². The zero-order valence-electron chi connectivity index (χ0n) is 14.0. The molecule has 7 heteroatoms. The molecule has 1 atom stereocenters. The Hall–Kier alpha value is -0.850. The van der Waals surface area contributed by atoms with Crippen molar-refractivity contribution in [2.45, 2.75) is 52.2 Å². The van der Waals surface area contributed by atoms with E-state index in [9.17, 15) is 4.79 Å². The van der Waals surface area contributed by atoms with Gasteiger partial charge in [0.25, 0.3) is 0 Å². The summed E-state index contributed by atoms with van der Waals surface area (Å²) < 4.78 is 11.7. The van der Waals surface area contributed by atoms with Gasteiger partial charge in [0, 0.05) is 25.9 Å². The smallest absolute Gasteiger partial charge is 0.410 e. The molecule has 0 aliphatic carbocycles. The van der Waals surface area contributed by atoms with Crippen molar-refractivity contribution in [1.29, 1.82) is 0 Å². The Morgan fingerprint density at radius 2 is 2.30 bits per heavy atom. The fourth-order valence-electron chi connectivity index (χ4n) is 2.57. The Morgan fingerprint density at radius 3 is 2.96 bits per heavy atom. The van der Waals surface area contributed by atoms with E-state index in [1.807, 2.05) is 25.7 Å². The molecule has 0 N–H and O–H groups in total. The second kappa shape index (κ2) is 8.31. The molecule has 0 bridgehead atoms. The summed E-state index contributed by atoms with van der Waals surface area (Å²) in [4.78, 5) is 19.0. The predicted octanol–water partition coefficient (Wildman–Crippen LogP) is 4.35. The molecule has 1 aromatic rings. The topological polar surface area (TPSA) is 51.7 Å². The number of rotatable bonds is 5. The second-order valence-electron chi connectivity index (χ2n) is 6.86. The zero-order chi connectivity index (χ0) is 16.9. The van der Waals surface area contributed by atoms with Gasteiger partial charge < -0.3 is 14.4 Å². The highest BCUT2D eigenvalue weighted by Gasteiger charge is 2.27. The Morgan fingerprint density at radius 1 is 1.52 bits per heavy atom. The zero-order valence-corrected chi connectivity index (χ0v) is 15.6. The van der Waals surface area contributed by atoms with Gasteiger partial charge in [-0.3, -0.25) is 0 Å². The Bertz CT molecular complexity index is 516. The number of nitrogens with zero attached hydrogens (tertiary/aromatic N) is 2. The first-order valence-electron chi connectivity index (χ1n) is 7.99. The van der Waals surface area contributed by atoms with E-state index in [4.69, 9.17) is 21.1 Å². The number of ether oxygens (including phenoxy) is 2. The van der Waals surface area contributed by atoms with Crippen LogP contribution in [0.3, 0.4) is 0 Å². The molecule has 1 aliphatic rings. The van der Waals surface area contributed by atoms with Crippen LogP contribution in [0.5, 0.6) is 0 Å². The molecule has 1 aliphatic heterocycles. The highest BCUT2D eigenvalue weighted by Crippen LogP contribution is 2.22. The first kappa shape index (κ1) is 18.5. The van der Waals surface area contributed by atoms with Gasteiger partial charge in [-0.05, 0) is 46.0 Å². The van der Waals surface area contributed by atoms with Crippen molar-refractivity contribution in [3.05, 3.63) is 15.5 Å². The van der Waals surface area contributed by atoms with Crippen LogP contribution < -0.4 is 0 Å². The Labute approximate surface area is 146 Å². The lowest BCUT2D eigenvalue weighted by molar-refractivity contribution is 0.0136. The molecule has 0 unspecified atom stereocenters. The molecule has 23 heavy (non-hydrogen) atoms. The third-order valence-electron chi connectivity index (χ3n) is 3.61. The van der Waals surface area contributed by atoms with Gasteiger partial charge in [0.05, 0.1) is 11.5 Å². The number of piperidine rings is 1. The summed E-state index contributed by atoms with van der Waals surface area (Å²) >= 11 is 7.23. The highest BCUT2D eigenvalue weighted by molar-refractivity contribution is 7.15. The van der Waals surface area contributed by atoms with Crippen LogP contribution in [0.25, 0.3) is 0 Å². The average molecular weight is 361 g/mol. The van der Waals surface area contributed by atoms with E-state index in [0.29, 0.717) is 23.6 Å². The first-order valence-corrected chi connectivity index (χ1v) is 9.19. The second-order valence-corrected chi connectivity index (χ2v) is 8.55. The number of thiazole rings is 1. The molecule has 1 aromatic heterocycles. The molecule has 0 spiro atoms. The van der Waals surface area contributed by atoms with Crippen LogP contribution in [0.1, 0.15) is 44.9 Å². The minimum absolute atomic E-state index is 0.206. The van der Waals surface area contributed by atoms with Gasteiger partial charge in [-0.1, -0.05) is 11.6 Å². The molecule has 2 rings (SSSR count). The standard InChI is InChI=1S/C16H25ClN2O3S/c1-16(2,3)22-15(20)19-7-4-5-12(10-19)6-8-21-11-13-9-18-14(17)23-13/h9,12H,4-8,10-11H2,1-3H3/t12-/m1/s1. The monoisotopic (exact) mass is 360 g/mol. The molecule has 130 valence electrons. The summed E-state index contributed by atoms with van der Waals surface area (Å²) in [5.41, 5.74) is -0.441. The molecule has 1 saturated heterocycles. The summed E-state index contributed by atoms with van der Waals surface area (Å²) in [5.74, 6) is 0.473. The lowest BCUT2D eigenvalue weighted by Gasteiger charge is -2.34. The van der Waals surface area contributed by atoms with Crippen molar-refractivity contribution < 1.29 is 14.3 Å². The maximum absolute atomic E-state index is 12.1. The van der Waals surface area contributed by atoms with Crippen LogP contribution in [-0.4, -0.2) is 41.3 Å². The molecule has 2 heterocycles. The van der Waals surface area contributed by atoms with E-state index in [0.717, 1.165) is 37.2 Å². The molecule has 5 nitrogen and oxygen atoms in total. The quantitative estimate of drug-likeness (QED) is 0.732. The minimum Gasteiger partial charge on any atom is -0.444 e. The van der Waals surface area contributed by atoms with Gasteiger partial charge in [-0.2, -0.15) is 0 Å². The number of amides is 1. The third-order valence-corrected chi connectivity index (χ3v) is 4.70. The van der Waals surface area contributed by atoms with Gasteiger partial charge in [0.15, 0.2) is 4.47 Å². The summed E-state index contributed by atoms with van der Waals surface area (Å²) in [6.45, 7) is 8.45. The number of likely N-dealkylation sites (tertiary alicyclic amines) is 1. The molecule has 0 saturated carbocycles. The van der Waals surface area contributed by atoms with E-state index in [2.05, 4.69) is 4.98 Å². The minimum atomic E-state index is -0.441. The first-order chi connectivity index (χ1) is 10.8. The lowest BCUT2D eigenvalue weighted by atomic mass is 9.95. The molecule has 1 fully saturated rings. The van der Waals surface area contributed by atoms with Crippen LogP contribution in [-0.2, 0) is 16.1 Å². The maximum Gasteiger partial charge on any atom is 0.410 e. The summed E-state index contributed by atoms with van der Waals surface area (Å²) in [7, 11) is 0. The van der Waals surface area contributed by atoms with Crippen molar-refractivity contribution in [2.24, 2.45) is 5.92 Å². The van der Waals surface area contributed by atoms with E-state index in [1.165, 1.54) is 11.3 Å². The predicted molar refractivity (Wildman–Crippen MR) is 91.9 cm³/mol. The van der Waals surface area contributed by atoms with E-state index < -0.39 is 5.60 Å². The molecule has 0 radical (unpaired) electrons. The summed E-state index contributed by atoms with van der Waals surface area (Å²) in [6, 6.07) is 0. The van der Waals surface area contributed by atoms with Crippen molar-refractivity contribution in [3.63, 3.8) is 0 Å². The van der Waals surface area contributed by atoms with E-state index in [-0.39, 0.29) is 6.09 Å². The SMILES string of the molecule is CC(C)(C)OC(=O)N1CCC[C@H](CCOCc2cnc(Cl)s2)C1. The number of carbonyl (C=O) groups excluding carboxylic acids is 1. The van der Waals surface area contributed by atoms with Gasteiger partial charge in [-0.25, -0.2) is 9.78 Å². The lowest BCUT2D eigenvalue weighted by Crippen LogP contribution is -2.43.